The maximum atomic E-state index is 13.4. The number of hydrogen-bond donors (Lipinski definition) is 0. The molecule has 1 aliphatic rings. The van der Waals surface area contributed by atoms with Crippen molar-refractivity contribution in [1.29, 1.82) is 0 Å². The Balaban J connectivity index is 1.48. The van der Waals surface area contributed by atoms with Gasteiger partial charge in [0, 0.05) is 0 Å². The summed E-state index contributed by atoms with van der Waals surface area (Å²) in [6.07, 6.45) is 12.1. The molecule has 2 heteroatoms. The van der Waals surface area contributed by atoms with Crippen LogP contribution >= 0.6 is 0 Å². The van der Waals surface area contributed by atoms with Gasteiger partial charge in [-0.15, -0.1) is 0 Å². The lowest BCUT2D eigenvalue weighted by molar-refractivity contribution is 0.250. The fourth-order valence-electron chi connectivity index (χ4n) is 4.21. The van der Waals surface area contributed by atoms with E-state index in [0.717, 1.165) is 29.4 Å². The van der Waals surface area contributed by atoms with Crippen LogP contribution in [0.2, 0.25) is 0 Å². The Bertz CT molecular complexity index is 682. The average Bonchev–Trinajstić information content (AvgIpc) is 2.68. The SMILES string of the molecule is CCCCC1CCC(CCc2ccc(-c3ccc(F)c(F)c3)cc2)CC1. The number of halogens is 2. The number of aryl methyl sites for hydroxylation is 1. The molecule has 0 bridgehead atoms. The highest BCUT2D eigenvalue weighted by Crippen LogP contribution is 2.34. The van der Waals surface area contributed by atoms with Crippen molar-refractivity contribution in [3.8, 4) is 11.1 Å². The maximum Gasteiger partial charge on any atom is 0.159 e. The van der Waals surface area contributed by atoms with Crippen molar-refractivity contribution in [1.82, 2.24) is 0 Å². The molecular formula is C24H30F2. The molecule has 26 heavy (non-hydrogen) atoms. The van der Waals surface area contributed by atoms with Gasteiger partial charge in [-0.2, -0.15) is 0 Å². The minimum atomic E-state index is -0.796. The molecule has 2 aromatic rings. The summed E-state index contributed by atoms with van der Waals surface area (Å²) in [5, 5.41) is 0. The largest absolute Gasteiger partial charge is 0.204 e. The summed E-state index contributed by atoms with van der Waals surface area (Å²) in [6, 6.07) is 12.4. The van der Waals surface area contributed by atoms with Crippen molar-refractivity contribution in [2.75, 3.05) is 0 Å². The summed E-state index contributed by atoms with van der Waals surface area (Å²) < 4.78 is 26.5. The summed E-state index contributed by atoms with van der Waals surface area (Å²) in [4.78, 5) is 0. The van der Waals surface area contributed by atoms with E-state index in [1.165, 1.54) is 69.1 Å². The molecule has 0 nitrogen and oxygen atoms in total. The Labute approximate surface area is 156 Å². The summed E-state index contributed by atoms with van der Waals surface area (Å²) >= 11 is 0. The Morgan fingerprint density at radius 3 is 2.00 bits per heavy atom. The third-order valence-corrected chi connectivity index (χ3v) is 5.98. The smallest absolute Gasteiger partial charge is 0.159 e. The van der Waals surface area contributed by atoms with E-state index in [1.54, 1.807) is 6.07 Å². The van der Waals surface area contributed by atoms with Crippen molar-refractivity contribution < 1.29 is 8.78 Å². The minimum Gasteiger partial charge on any atom is -0.204 e. The molecule has 0 amide bonds. The van der Waals surface area contributed by atoms with Gasteiger partial charge in [0.15, 0.2) is 11.6 Å². The van der Waals surface area contributed by atoms with Crippen LogP contribution in [0.4, 0.5) is 8.78 Å². The second kappa shape index (κ2) is 9.30. The van der Waals surface area contributed by atoms with Gasteiger partial charge in [-0.25, -0.2) is 8.78 Å². The summed E-state index contributed by atoms with van der Waals surface area (Å²) in [5.41, 5.74) is 2.99. The molecule has 1 fully saturated rings. The topological polar surface area (TPSA) is 0 Å². The van der Waals surface area contributed by atoms with Crippen molar-refractivity contribution in [2.24, 2.45) is 11.8 Å². The predicted octanol–water partition coefficient (Wildman–Crippen LogP) is 7.56. The molecule has 2 aromatic carbocycles. The van der Waals surface area contributed by atoms with E-state index >= 15 is 0 Å². The van der Waals surface area contributed by atoms with Gasteiger partial charge in [-0.05, 0) is 53.5 Å². The Kier molecular flexibility index (Phi) is 6.82. The molecular weight excluding hydrogens is 326 g/mol. The second-order valence-corrected chi connectivity index (χ2v) is 7.89. The highest BCUT2D eigenvalue weighted by Gasteiger charge is 2.20. The lowest BCUT2D eigenvalue weighted by atomic mass is 9.78. The number of hydrogen-bond acceptors (Lipinski definition) is 0. The van der Waals surface area contributed by atoms with Crippen LogP contribution in [0.5, 0.6) is 0 Å². The van der Waals surface area contributed by atoms with Gasteiger partial charge < -0.3 is 0 Å². The first kappa shape index (κ1) is 19.1. The summed E-state index contributed by atoms with van der Waals surface area (Å²) in [7, 11) is 0. The van der Waals surface area contributed by atoms with Crippen LogP contribution in [0.25, 0.3) is 11.1 Å². The van der Waals surface area contributed by atoms with Gasteiger partial charge >= 0.3 is 0 Å². The molecule has 1 saturated carbocycles. The quantitative estimate of drug-likeness (QED) is 0.480. The molecule has 0 aliphatic heterocycles. The minimum absolute atomic E-state index is 0.723. The standard InChI is InChI=1S/C24H30F2/c1-2-3-4-18-5-7-19(8-6-18)9-10-20-11-13-21(14-12-20)22-15-16-23(25)24(26)17-22/h11-19H,2-10H2,1H3. The van der Waals surface area contributed by atoms with Gasteiger partial charge in [0.1, 0.15) is 0 Å². The highest BCUT2D eigenvalue weighted by atomic mass is 19.2. The number of rotatable bonds is 7. The van der Waals surface area contributed by atoms with E-state index in [9.17, 15) is 8.78 Å². The predicted molar refractivity (Wildman–Crippen MR) is 105 cm³/mol. The lowest BCUT2D eigenvalue weighted by Crippen LogP contribution is -2.15. The first-order chi connectivity index (χ1) is 12.7. The molecule has 3 rings (SSSR count). The fourth-order valence-corrected chi connectivity index (χ4v) is 4.21. The summed E-state index contributed by atoms with van der Waals surface area (Å²) in [6.45, 7) is 2.28. The van der Waals surface area contributed by atoms with Crippen molar-refractivity contribution in [2.45, 2.75) is 64.7 Å². The monoisotopic (exact) mass is 356 g/mol. The van der Waals surface area contributed by atoms with E-state index < -0.39 is 11.6 Å². The Hall–Kier alpha value is -1.70. The molecule has 140 valence electrons. The fraction of sp³-hybridized carbons (Fsp3) is 0.500. The second-order valence-electron chi connectivity index (χ2n) is 7.89. The number of benzene rings is 2. The average molecular weight is 357 g/mol. The van der Waals surface area contributed by atoms with Crippen LogP contribution in [-0.2, 0) is 6.42 Å². The summed E-state index contributed by atoms with van der Waals surface area (Å²) in [5.74, 6) is 0.260. The van der Waals surface area contributed by atoms with Crippen molar-refractivity contribution >= 4 is 0 Å². The lowest BCUT2D eigenvalue weighted by Gasteiger charge is -2.28. The molecule has 0 spiro atoms. The van der Waals surface area contributed by atoms with Gasteiger partial charge in [0.25, 0.3) is 0 Å². The molecule has 0 N–H and O–H groups in total. The molecule has 0 saturated heterocycles. The van der Waals surface area contributed by atoms with E-state index in [-0.39, 0.29) is 0 Å². The molecule has 0 unspecified atom stereocenters. The third-order valence-electron chi connectivity index (χ3n) is 5.98. The van der Waals surface area contributed by atoms with Crippen LogP contribution in [0.3, 0.4) is 0 Å². The van der Waals surface area contributed by atoms with Crippen molar-refractivity contribution in [3.63, 3.8) is 0 Å². The van der Waals surface area contributed by atoms with Gasteiger partial charge in [0.05, 0.1) is 0 Å². The number of unbranched alkanes of at least 4 members (excludes halogenated alkanes) is 1. The first-order valence-corrected chi connectivity index (χ1v) is 10.2. The zero-order valence-corrected chi connectivity index (χ0v) is 15.8. The van der Waals surface area contributed by atoms with Gasteiger partial charge in [-0.1, -0.05) is 82.2 Å². The normalized spacial score (nSPS) is 20.3. The van der Waals surface area contributed by atoms with E-state index in [0.29, 0.717) is 0 Å². The highest BCUT2D eigenvalue weighted by molar-refractivity contribution is 5.63. The molecule has 0 aromatic heterocycles. The molecule has 1 aliphatic carbocycles. The van der Waals surface area contributed by atoms with E-state index in [2.05, 4.69) is 19.1 Å². The van der Waals surface area contributed by atoms with E-state index in [1.807, 2.05) is 12.1 Å². The zero-order chi connectivity index (χ0) is 18.4. The maximum absolute atomic E-state index is 13.4. The van der Waals surface area contributed by atoms with Gasteiger partial charge in [-0.3, -0.25) is 0 Å². The van der Waals surface area contributed by atoms with Crippen molar-refractivity contribution in [3.05, 3.63) is 59.7 Å². The van der Waals surface area contributed by atoms with Crippen LogP contribution < -0.4 is 0 Å². The molecule has 0 heterocycles. The molecule has 0 atom stereocenters. The van der Waals surface area contributed by atoms with Crippen LogP contribution in [0.1, 0.15) is 63.9 Å². The van der Waals surface area contributed by atoms with E-state index in [4.69, 9.17) is 0 Å². The Morgan fingerprint density at radius 2 is 1.38 bits per heavy atom. The van der Waals surface area contributed by atoms with Crippen LogP contribution in [0, 0.1) is 23.5 Å². The Morgan fingerprint density at radius 1 is 0.769 bits per heavy atom. The third kappa shape index (κ3) is 5.16. The van der Waals surface area contributed by atoms with Crippen LogP contribution in [0.15, 0.2) is 42.5 Å². The first-order valence-electron chi connectivity index (χ1n) is 10.2. The molecule has 0 radical (unpaired) electrons. The van der Waals surface area contributed by atoms with Gasteiger partial charge in [0.2, 0.25) is 0 Å². The van der Waals surface area contributed by atoms with Crippen LogP contribution in [-0.4, -0.2) is 0 Å². The zero-order valence-electron chi connectivity index (χ0n) is 15.8.